The number of carbonyl (C=O) groups is 5. The van der Waals surface area contributed by atoms with Gasteiger partial charge in [-0.3, -0.25) is 24.0 Å². The van der Waals surface area contributed by atoms with Crippen molar-refractivity contribution in [1.29, 1.82) is 0 Å². The van der Waals surface area contributed by atoms with Crippen LogP contribution in [0.4, 0.5) is 0 Å². The fourth-order valence-corrected chi connectivity index (χ4v) is 7.05. The van der Waals surface area contributed by atoms with Crippen LogP contribution in [0.3, 0.4) is 0 Å². The number of hydrogen-bond donors (Lipinski definition) is 5. The molecule has 6 atom stereocenters. The van der Waals surface area contributed by atoms with Gasteiger partial charge in [0.1, 0.15) is 18.1 Å². The zero-order valence-corrected chi connectivity index (χ0v) is 32.3. The van der Waals surface area contributed by atoms with Gasteiger partial charge in [0.25, 0.3) is 5.91 Å². The van der Waals surface area contributed by atoms with Crippen LogP contribution in [0.1, 0.15) is 92.3 Å². The monoisotopic (exact) mass is 723 g/mol. The van der Waals surface area contributed by atoms with Crippen molar-refractivity contribution in [3.8, 4) is 0 Å². The number of benzene rings is 2. The average molecular weight is 724 g/mol. The maximum Gasteiger partial charge on any atom is 0.254 e. The molecule has 280 valence electrons. The smallest absolute Gasteiger partial charge is 0.254 e. The average Bonchev–Trinajstić information content (AvgIpc) is 3.39. The zero-order chi connectivity index (χ0) is 38.1. The largest absolute Gasteiger partial charge is 0.381 e. The molecule has 0 bridgehead atoms. The Labute approximate surface area is 307 Å². The van der Waals surface area contributed by atoms with Crippen molar-refractivity contribution in [3.05, 3.63) is 71.8 Å². The summed E-state index contributed by atoms with van der Waals surface area (Å²) in [5.41, 5.74) is 0.514. The van der Waals surface area contributed by atoms with E-state index in [9.17, 15) is 29.1 Å². The summed E-state index contributed by atoms with van der Waals surface area (Å²) in [6, 6.07) is 13.7. The van der Waals surface area contributed by atoms with Crippen molar-refractivity contribution in [2.45, 2.75) is 123 Å². The number of amides is 5. The summed E-state index contributed by atoms with van der Waals surface area (Å²) in [5.74, 6) is -2.08. The molecule has 1 aliphatic rings. The van der Waals surface area contributed by atoms with Gasteiger partial charge < -0.3 is 31.3 Å². The highest BCUT2D eigenvalue weighted by Crippen LogP contribution is 2.40. The van der Waals surface area contributed by atoms with Crippen LogP contribution in [0.15, 0.2) is 60.7 Å². The van der Waals surface area contributed by atoms with Gasteiger partial charge in [-0.25, -0.2) is 0 Å². The highest BCUT2D eigenvalue weighted by Gasteiger charge is 2.50. The van der Waals surface area contributed by atoms with Gasteiger partial charge in [0, 0.05) is 17.2 Å². The topological polar surface area (TPSA) is 157 Å². The molecule has 11 nitrogen and oxygen atoms in total. The number of nitrogens with one attached hydrogen (secondary N) is 4. The first-order chi connectivity index (χ1) is 23.9. The van der Waals surface area contributed by atoms with Gasteiger partial charge in [-0.05, 0) is 56.1 Å². The molecule has 5 N–H and O–H groups in total. The third-order valence-electron chi connectivity index (χ3n) is 9.30. The molecule has 3 rings (SSSR count). The van der Waals surface area contributed by atoms with Crippen molar-refractivity contribution < 1.29 is 29.1 Å². The first-order valence-electron chi connectivity index (χ1n) is 17.8. The van der Waals surface area contributed by atoms with E-state index in [4.69, 9.17) is 0 Å². The van der Waals surface area contributed by atoms with E-state index in [1.165, 1.54) is 16.7 Å². The molecule has 2 aromatic carbocycles. The molecule has 0 aliphatic carbocycles. The van der Waals surface area contributed by atoms with E-state index in [0.717, 1.165) is 5.56 Å². The van der Waals surface area contributed by atoms with Crippen LogP contribution in [-0.2, 0) is 30.4 Å². The van der Waals surface area contributed by atoms with Crippen molar-refractivity contribution in [2.24, 2.45) is 11.3 Å². The van der Waals surface area contributed by atoms with E-state index >= 15 is 0 Å². The summed E-state index contributed by atoms with van der Waals surface area (Å²) < 4.78 is -0.627. The molecule has 1 saturated heterocycles. The molecule has 51 heavy (non-hydrogen) atoms. The van der Waals surface area contributed by atoms with E-state index in [1.807, 2.05) is 71.9 Å². The minimum Gasteiger partial charge on any atom is -0.381 e. The van der Waals surface area contributed by atoms with Crippen LogP contribution < -0.4 is 21.3 Å². The minimum atomic E-state index is -1.71. The quantitative estimate of drug-likeness (QED) is 0.185. The maximum atomic E-state index is 14.2. The Morgan fingerprint density at radius 3 is 2.02 bits per heavy atom. The zero-order valence-electron chi connectivity index (χ0n) is 31.5. The van der Waals surface area contributed by atoms with E-state index in [2.05, 4.69) is 21.3 Å². The Bertz CT molecular complexity index is 1500. The highest BCUT2D eigenvalue weighted by molar-refractivity contribution is 8.00. The molecule has 1 fully saturated rings. The van der Waals surface area contributed by atoms with E-state index in [-0.39, 0.29) is 42.5 Å². The fourth-order valence-electron chi connectivity index (χ4n) is 5.91. The van der Waals surface area contributed by atoms with Crippen LogP contribution in [0.25, 0.3) is 0 Å². The summed E-state index contributed by atoms with van der Waals surface area (Å²) in [6.45, 7) is 17.0. The molecule has 5 amide bonds. The third-order valence-corrected chi connectivity index (χ3v) is 10.7. The van der Waals surface area contributed by atoms with Crippen LogP contribution in [0, 0.1) is 11.3 Å². The minimum absolute atomic E-state index is 0.107. The van der Waals surface area contributed by atoms with Crippen molar-refractivity contribution in [2.75, 3.05) is 5.88 Å². The van der Waals surface area contributed by atoms with Crippen LogP contribution in [0.2, 0.25) is 0 Å². The van der Waals surface area contributed by atoms with Gasteiger partial charge in [-0.2, -0.15) is 0 Å². The number of rotatable bonds is 15. The van der Waals surface area contributed by atoms with Gasteiger partial charge in [0.15, 0.2) is 6.10 Å². The summed E-state index contributed by atoms with van der Waals surface area (Å²) in [5, 5.41) is 23.3. The second kappa shape index (κ2) is 18.0. The predicted molar refractivity (Wildman–Crippen MR) is 201 cm³/mol. The molecular formula is C39H57N5O6S. The van der Waals surface area contributed by atoms with Crippen molar-refractivity contribution in [3.63, 3.8) is 0 Å². The molecule has 1 unspecified atom stereocenters. The van der Waals surface area contributed by atoms with Crippen molar-refractivity contribution in [1.82, 2.24) is 26.2 Å². The first kappa shape index (κ1) is 41.5. The van der Waals surface area contributed by atoms with Gasteiger partial charge in [-0.1, -0.05) is 102 Å². The van der Waals surface area contributed by atoms with Crippen LogP contribution in [-0.4, -0.2) is 80.4 Å². The summed E-state index contributed by atoms with van der Waals surface area (Å²) in [6.07, 6.45) is -0.764. The van der Waals surface area contributed by atoms with Gasteiger partial charge >= 0.3 is 0 Å². The molecule has 0 radical (unpaired) electrons. The fraction of sp³-hybridized carbons (Fsp3) is 0.564. The van der Waals surface area contributed by atoms with Crippen molar-refractivity contribution >= 4 is 41.3 Å². The lowest BCUT2D eigenvalue weighted by atomic mass is 9.85. The van der Waals surface area contributed by atoms with Crippen LogP contribution >= 0.6 is 11.8 Å². The van der Waals surface area contributed by atoms with Gasteiger partial charge in [0.2, 0.25) is 23.6 Å². The molecule has 0 spiro atoms. The van der Waals surface area contributed by atoms with Crippen LogP contribution in [0.5, 0.6) is 0 Å². The maximum absolute atomic E-state index is 14.2. The summed E-state index contributed by atoms with van der Waals surface area (Å²) in [7, 11) is 0. The number of nitrogens with zero attached hydrogens (tertiary/aromatic N) is 1. The highest BCUT2D eigenvalue weighted by atomic mass is 32.2. The van der Waals surface area contributed by atoms with Gasteiger partial charge in [-0.15, -0.1) is 11.8 Å². The second-order valence-electron chi connectivity index (χ2n) is 15.3. The number of aliphatic hydroxyl groups excluding tert-OH is 1. The standard InChI is InChI=1S/C39H57N5O6S/c1-10-17-29(45)42-30(27-20-15-12-16-21-27)34(47)43-32(38(5,6)7)35(48)41-28(22-26-18-13-11-14-19-26)31(46)37(50)44-23-51-39(8,9)33(44)36(49)40-25(4)24(2)3/h11-16,18-21,24-25,28,30-33,46H,10,17,22-23H2,1-9H3,(H,40,49)(H,41,48)(H,42,45)(H,43,47)/t25?,28-,30-,31-,32+,33+/m0/s1. The number of hydrogen-bond acceptors (Lipinski definition) is 7. The van der Waals surface area contributed by atoms with E-state index in [1.54, 1.807) is 51.1 Å². The number of aliphatic hydroxyl groups is 1. The third kappa shape index (κ3) is 11.3. The molecule has 12 heteroatoms. The lowest BCUT2D eigenvalue weighted by molar-refractivity contribution is -0.148. The number of carbonyl (C=O) groups excluding carboxylic acids is 5. The normalized spacial score (nSPS) is 18.6. The number of thioether (sulfide) groups is 1. The predicted octanol–water partition coefficient (Wildman–Crippen LogP) is 4.10. The van der Waals surface area contributed by atoms with Gasteiger partial charge in [0.05, 0.1) is 11.9 Å². The first-order valence-corrected chi connectivity index (χ1v) is 18.8. The van der Waals surface area contributed by atoms with E-state index in [0.29, 0.717) is 12.0 Å². The molecule has 0 saturated carbocycles. The molecular weight excluding hydrogens is 667 g/mol. The Hall–Kier alpha value is -3.90. The second-order valence-corrected chi connectivity index (χ2v) is 16.9. The SMILES string of the molecule is CCCC(=O)N[C@H](C(=O)N[C@H](C(=O)N[C@@H](Cc1ccccc1)[C@H](O)C(=O)N1CSC(C)(C)[C@H]1C(=O)NC(C)C(C)C)C(C)(C)C)c1ccccc1. The lowest BCUT2D eigenvalue weighted by Gasteiger charge is -2.36. The van der Waals surface area contributed by atoms with E-state index < -0.39 is 58.2 Å². The Kier molecular flexibility index (Phi) is 14.7. The Balaban J connectivity index is 1.92. The molecule has 0 aromatic heterocycles. The molecule has 1 heterocycles. The lowest BCUT2D eigenvalue weighted by Crippen LogP contribution is -2.62. The summed E-state index contributed by atoms with van der Waals surface area (Å²) in [4.78, 5) is 69.8. The Morgan fingerprint density at radius 2 is 1.47 bits per heavy atom. The molecule has 1 aliphatic heterocycles. The molecule has 2 aromatic rings. The Morgan fingerprint density at radius 1 is 0.882 bits per heavy atom. The summed E-state index contributed by atoms with van der Waals surface area (Å²) >= 11 is 1.45.